The molecule has 0 aromatic carbocycles. The van der Waals surface area contributed by atoms with Crippen molar-refractivity contribution in [1.29, 1.82) is 0 Å². The van der Waals surface area contributed by atoms with Crippen molar-refractivity contribution < 1.29 is 14.5 Å². The number of Topliss-reactive ketones (excluding diaryl/α,β-unsaturated/α-hetero) is 2. The molecular formula is C13H10N2O4S. The third kappa shape index (κ3) is 1.56. The molecule has 0 radical (unpaired) electrons. The minimum atomic E-state index is -1.01. The maximum absolute atomic E-state index is 12.5. The lowest BCUT2D eigenvalue weighted by molar-refractivity contribution is -0.430. The number of nitro groups is 1. The summed E-state index contributed by atoms with van der Waals surface area (Å²) in [5.41, 5.74) is 1.73. The standard InChI is InChI=1S/C13H10N2O4S/c1-5-3-14-10-8(6(5)2)12(17)13-9(11(10)16)7(4-20-13)15(18)19/h3-4,9,13H,1-2H3. The van der Waals surface area contributed by atoms with E-state index in [-0.39, 0.29) is 17.2 Å². The molecule has 2 atom stereocenters. The zero-order valence-electron chi connectivity index (χ0n) is 10.7. The van der Waals surface area contributed by atoms with Gasteiger partial charge < -0.3 is 0 Å². The van der Waals surface area contributed by atoms with E-state index in [4.69, 9.17) is 0 Å². The number of carbonyl (C=O) groups excluding carboxylic acids is 2. The topological polar surface area (TPSA) is 90.2 Å². The quantitative estimate of drug-likeness (QED) is 0.580. The van der Waals surface area contributed by atoms with Gasteiger partial charge in [0.2, 0.25) is 0 Å². The van der Waals surface area contributed by atoms with Gasteiger partial charge in [-0.05, 0) is 25.0 Å². The molecule has 0 spiro atoms. The number of carbonyl (C=O) groups is 2. The maximum atomic E-state index is 12.5. The molecule has 0 saturated carbocycles. The van der Waals surface area contributed by atoms with E-state index in [1.807, 2.05) is 6.92 Å². The molecule has 0 bridgehead atoms. The molecule has 0 N–H and O–H groups in total. The molecule has 0 fully saturated rings. The number of hydrogen-bond acceptors (Lipinski definition) is 6. The van der Waals surface area contributed by atoms with Gasteiger partial charge in [0.05, 0.1) is 15.7 Å². The van der Waals surface area contributed by atoms with E-state index < -0.39 is 21.9 Å². The van der Waals surface area contributed by atoms with Crippen LogP contribution in [0.25, 0.3) is 0 Å². The number of pyridine rings is 1. The van der Waals surface area contributed by atoms with Gasteiger partial charge in [-0.1, -0.05) is 0 Å². The van der Waals surface area contributed by atoms with E-state index in [0.29, 0.717) is 5.56 Å². The number of rotatable bonds is 1. The van der Waals surface area contributed by atoms with Gasteiger partial charge in [0.25, 0.3) is 5.70 Å². The van der Waals surface area contributed by atoms with Crippen LogP contribution in [0.2, 0.25) is 0 Å². The highest BCUT2D eigenvalue weighted by Crippen LogP contribution is 2.43. The highest BCUT2D eigenvalue weighted by atomic mass is 32.2. The van der Waals surface area contributed by atoms with Crippen molar-refractivity contribution in [2.24, 2.45) is 5.92 Å². The zero-order chi connectivity index (χ0) is 14.6. The monoisotopic (exact) mass is 290 g/mol. The molecule has 2 unspecified atom stereocenters. The molecule has 20 heavy (non-hydrogen) atoms. The lowest BCUT2D eigenvalue weighted by Gasteiger charge is -2.24. The Bertz CT molecular complexity index is 711. The van der Waals surface area contributed by atoms with Gasteiger partial charge in [-0.15, -0.1) is 11.8 Å². The summed E-state index contributed by atoms with van der Waals surface area (Å²) in [6, 6.07) is 0. The summed E-state index contributed by atoms with van der Waals surface area (Å²) in [5, 5.41) is 11.6. The van der Waals surface area contributed by atoms with Gasteiger partial charge in [-0.3, -0.25) is 24.7 Å². The first-order chi connectivity index (χ1) is 9.43. The summed E-state index contributed by atoms with van der Waals surface area (Å²) in [6.45, 7) is 3.58. The second kappa shape index (κ2) is 4.24. The molecule has 1 aromatic rings. The Hall–Kier alpha value is -2.02. The van der Waals surface area contributed by atoms with Gasteiger partial charge in [0.15, 0.2) is 11.6 Å². The average Bonchev–Trinajstić information content (AvgIpc) is 2.84. The molecular weight excluding hydrogens is 280 g/mol. The SMILES string of the molecule is Cc1cnc2c(c1C)C(=O)C1SC=C([N+](=O)[O-])C1C2=O. The number of aromatic nitrogens is 1. The van der Waals surface area contributed by atoms with Crippen LogP contribution >= 0.6 is 11.8 Å². The molecule has 1 aromatic heterocycles. The highest BCUT2D eigenvalue weighted by Gasteiger charge is 2.52. The number of aryl methyl sites for hydroxylation is 1. The Morgan fingerprint density at radius 2 is 2.00 bits per heavy atom. The number of thioether (sulfide) groups is 1. The zero-order valence-corrected chi connectivity index (χ0v) is 11.6. The van der Waals surface area contributed by atoms with Crippen molar-refractivity contribution in [3.8, 4) is 0 Å². The van der Waals surface area contributed by atoms with E-state index in [0.717, 1.165) is 22.9 Å². The number of hydrogen-bond donors (Lipinski definition) is 0. The Kier molecular flexibility index (Phi) is 2.75. The second-order valence-electron chi connectivity index (χ2n) is 4.85. The van der Waals surface area contributed by atoms with Crippen LogP contribution in [0, 0.1) is 29.9 Å². The summed E-state index contributed by atoms with van der Waals surface area (Å²) >= 11 is 1.05. The van der Waals surface area contributed by atoms with Gasteiger partial charge in [-0.25, -0.2) is 0 Å². The summed E-state index contributed by atoms with van der Waals surface area (Å²) in [7, 11) is 0. The summed E-state index contributed by atoms with van der Waals surface area (Å²) in [6.07, 6.45) is 1.53. The van der Waals surface area contributed by atoms with Crippen LogP contribution in [0.5, 0.6) is 0 Å². The third-order valence-corrected chi connectivity index (χ3v) is 4.94. The number of fused-ring (bicyclic) bond motifs is 2. The average molecular weight is 290 g/mol. The summed E-state index contributed by atoms with van der Waals surface area (Å²) in [4.78, 5) is 39.4. The molecule has 7 heteroatoms. The van der Waals surface area contributed by atoms with E-state index in [2.05, 4.69) is 4.98 Å². The minimum Gasteiger partial charge on any atom is -0.293 e. The van der Waals surface area contributed by atoms with Crippen LogP contribution in [-0.2, 0) is 0 Å². The van der Waals surface area contributed by atoms with Crippen molar-refractivity contribution in [3.63, 3.8) is 0 Å². The van der Waals surface area contributed by atoms with Gasteiger partial charge in [-0.2, -0.15) is 0 Å². The van der Waals surface area contributed by atoms with E-state index in [1.165, 1.54) is 11.6 Å². The van der Waals surface area contributed by atoms with Crippen LogP contribution in [0.1, 0.15) is 32.0 Å². The smallest absolute Gasteiger partial charge is 0.264 e. The Labute approximate surface area is 118 Å². The first-order valence-electron chi connectivity index (χ1n) is 5.98. The molecule has 1 aliphatic heterocycles. The molecule has 1 aliphatic carbocycles. The first-order valence-corrected chi connectivity index (χ1v) is 6.92. The van der Waals surface area contributed by atoms with Crippen LogP contribution in [0.15, 0.2) is 17.3 Å². The van der Waals surface area contributed by atoms with Crippen molar-refractivity contribution >= 4 is 23.3 Å². The summed E-state index contributed by atoms with van der Waals surface area (Å²) in [5.74, 6) is -1.68. The number of ketones is 2. The lowest BCUT2D eigenvalue weighted by atomic mass is 9.80. The number of allylic oxidation sites excluding steroid dienone is 1. The maximum Gasteiger partial charge on any atom is 0.264 e. The van der Waals surface area contributed by atoms with Crippen LogP contribution < -0.4 is 0 Å². The first kappa shape index (κ1) is 13.0. The molecule has 2 aliphatic rings. The van der Waals surface area contributed by atoms with E-state index in [9.17, 15) is 19.7 Å². The van der Waals surface area contributed by atoms with Crippen molar-refractivity contribution in [3.05, 3.63) is 49.8 Å². The highest BCUT2D eigenvalue weighted by molar-refractivity contribution is 8.03. The van der Waals surface area contributed by atoms with Crippen LogP contribution in [0.3, 0.4) is 0 Å². The fraction of sp³-hybridized carbons (Fsp3) is 0.308. The predicted molar refractivity (Wildman–Crippen MR) is 72.3 cm³/mol. The largest absolute Gasteiger partial charge is 0.293 e. The second-order valence-corrected chi connectivity index (χ2v) is 5.87. The molecule has 0 amide bonds. The number of nitrogens with zero attached hydrogens (tertiary/aromatic N) is 2. The third-order valence-electron chi connectivity index (χ3n) is 3.78. The van der Waals surface area contributed by atoms with Crippen molar-refractivity contribution in [2.45, 2.75) is 19.1 Å². The fourth-order valence-electron chi connectivity index (χ4n) is 2.57. The minimum absolute atomic E-state index is 0.0644. The Morgan fingerprint density at radius 1 is 1.30 bits per heavy atom. The van der Waals surface area contributed by atoms with Gasteiger partial charge >= 0.3 is 0 Å². The molecule has 0 saturated heterocycles. The van der Waals surface area contributed by atoms with Gasteiger partial charge in [0.1, 0.15) is 11.6 Å². The summed E-state index contributed by atoms with van der Waals surface area (Å²) < 4.78 is 0. The van der Waals surface area contributed by atoms with Crippen LogP contribution in [0.4, 0.5) is 0 Å². The normalized spacial score (nSPS) is 24.2. The predicted octanol–water partition coefficient (Wildman–Crippen LogP) is 1.93. The Balaban J connectivity index is 2.20. The molecule has 102 valence electrons. The Morgan fingerprint density at radius 3 is 2.65 bits per heavy atom. The molecule has 2 heterocycles. The molecule has 6 nitrogen and oxygen atoms in total. The van der Waals surface area contributed by atoms with Crippen molar-refractivity contribution in [1.82, 2.24) is 4.98 Å². The molecule has 3 rings (SSSR count). The fourth-order valence-corrected chi connectivity index (χ4v) is 3.75. The van der Waals surface area contributed by atoms with Crippen LogP contribution in [-0.4, -0.2) is 26.7 Å². The lowest BCUT2D eigenvalue weighted by Crippen LogP contribution is -2.40. The van der Waals surface area contributed by atoms with E-state index >= 15 is 0 Å². The van der Waals surface area contributed by atoms with Gasteiger partial charge in [0, 0.05) is 11.6 Å². The van der Waals surface area contributed by atoms with E-state index in [1.54, 1.807) is 6.92 Å². The van der Waals surface area contributed by atoms with Crippen molar-refractivity contribution in [2.75, 3.05) is 0 Å².